The van der Waals surface area contributed by atoms with Gasteiger partial charge in [-0.25, -0.2) is 4.79 Å². The number of carbonyl (C=O) groups is 2. The summed E-state index contributed by atoms with van der Waals surface area (Å²) in [6.07, 6.45) is 1.68. The lowest BCUT2D eigenvalue weighted by Crippen LogP contribution is -2.39. The van der Waals surface area contributed by atoms with Gasteiger partial charge in [-0.3, -0.25) is 14.7 Å². The van der Waals surface area contributed by atoms with Crippen LogP contribution in [0.3, 0.4) is 0 Å². The Balaban J connectivity index is 1.34. The predicted molar refractivity (Wildman–Crippen MR) is 93.0 cm³/mol. The lowest BCUT2D eigenvalue weighted by molar-refractivity contribution is -0.121. The second-order valence-corrected chi connectivity index (χ2v) is 5.99. The van der Waals surface area contributed by atoms with E-state index in [-0.39, 0.29) is 25.3 Å². The number of urea groups is 1. The van der Waals surface area contributed by atoms with Crippen molar-refractivity contribution >= 4 is 17.6 Å². The van der Waals surface area contributed by atoms with E-state index in [1.165, 1.54) is 4.90 Å². The van der Waals surface area contributed by atoms with Crippen LogP contribution in [0.4, 0.5) is 10.5 Å². The number of nitrogens with zero attached hydrogens (tertiary/aromatic N) is 3. The van der Waals surface area contributed by atoms with Crippen molar-refractivity contribution in [2.75, 3.05) is 31.3 Å². The summed E-state index contributed by atoms with van der Waals surface area (Å²) in [5.41, 5.74) is 1.51. The van der Waals surface area contributed by atoms with Gasteiger partial charge in [-0.05, 0) is 24.3 Å². The summed E-state index contributed by atoms with van der Waals surface area (Å²) >= 11 is 0. The van der Waals surface area contributed by atoms with E-state index in [1.807, 2.05) is 24.3 Å². The number of aromatic nitrogens is 1. The van der Waals surface area contributed by atoms with Crippen LogP contribution in [0.5, 0.6) is 11.5 Å². The van der Waals surface area contributed by atoms with Gasteiger partial charge in [0.05, 0.1) is 12.2 Å². The molecule has 2 aliphatic heterocycles. The summed E-state index contributed by atoms with van der Waals surface area (Å²) in [6.45, 7) is 1.56. The molecule has 0 aliphatic carbocycles. The summed E-state index contributed by atoms with van der Waals surface area (Å²) in [4.78, 5) is 32.0. The fraction of sp³-hybridized carbons (Fsp3) is 0.278. The van der Waals surface area contributed by atoms with Crippen molar-refractivity contribution in [3.8, 4) is 11.5 Å². The van der Waals surface area contributed by atoms with Crippen molar-refractivity contribution in [1.29, 1.82) is 0 Å². The Labute approximate surface area is 150 Å². The molecule has 4 rings (SSSR count). The van der Waals surface area contributed by atoms with E-state index in [4.69, 9.17) is 9.47 Å². The molecule has 8 nitrogen and oxygen atoms in total. The highest BCUT2D eigenvalue weighted by molar-refractivity contribution is 5.96. The van der Waals surface area contributed by atoms with Gasteiger partial charge in [-0.2, -0.15) is 0 Å². The molecule has 1 saturated heterocycles. The third kappa shape index (κ3) is 3.26. The van der Waals surface area contributed by atoms with Crippen molar-refractivity contribution in [2.24, 2.45) is 0 Å². The first-order chi connectivity index (χ1) is 12.7. The van der Waals surface area contributed by atoms with E-state index >= 15 is 0 Å². The van der Waals surface area contributed by atoms with Gasteiger partial charge < -0.3 is 19.7 Å². The fourth-order valence-corrected chi connectivity index (χ4v) is 2.94. The van der Waals surface area contributed by atoms with Crippen LogP contribution < -0.4 is 19.7 Å². The summed E-state index contributed by atoms with van der Waals surface area (Å²) in [5.74, 6) is 1.09. The Morgan fingerprint density at radius 1 is 1.15 bits per heavy atom. The van der Waals surface area contributed by atoms with Crippen LogP contribution in [0.25, 0.3) is 0 Å². The zero-order valence-corrected chi connectivity index (χ0v) is 14.1. The molecular weight excluding hydrogens is 336 g/mol. The van der Waals surface area contributed by atoms with Gasteiger partial charge in [0.2, 0.25) is 12.7 Å². The second-order valence-electron chi connectivity index (χ2n) is 5.99. The maximum atomic E-state index is 12.6. The van der Waals surface area contributed by atoms with Crippen LogP contribution >= 0.6 is 0 Å². The number of rotatable bonds is 5. The number of hydrogen-bond acceptors (Lipinski definition) is 5. The smallest absolute Gasteiger partial charge is 0.325 e. The largest absolute Gasteiger partial charge is 0.454 e. The van der Waals surface area contributed by atoms with Gasteiger partial charge in [-0.1, -0.05) is 6.07 Å². The first-order valence-corrected chi connectivity index (χ1v) is 8.33. The molecule has 0 saturated carbocycles. The SMILES string of the molecule is O=C(CN1CCN(c2ccc3c(c2)OCO3)C1=O)NCc1ccccn1. The summed E-state index contributed by atoms with van der Waals surface area (Å²) in [6, 6.07) is 10.7. The number of ether oxygens (including phenoxy) is 2. The topological polar surface area (TPSA) is 84.0 Å². The maximum absolute atomic E-state index is 12.6. The highest BCUT2D eigenvalue weighted by atomic mass is 16.7. The van der Waals surface area contributed by atoms with Gasteiger partial charge >= 0.3 is 6.03 Å². The summed E-state index contributed by atoms with van der Waals surface area (Å²) in [5, 5.41) is 2.78. The molecule has 0 bridgehead atoms. The van der Waals surface area contributed by atoms with Crippen LogP contribution in [0.2, 0.25) is 0 Å². The van der Waals surface area contributed by atoms with E-state index in [9.17, 15) is 9.59 Å². The number of nitrogens with one attached hydrogen (secondary N) is 1. The van der Waals surface area contributed by atoms with E-state index in [2.05, 4.69) is 10.3 Å². The van der Waals surface area contributed by atoms with Crippen LogP contribution in [-0.2, 0) is 11.3 Å². The Hall–Kier alpha value is -3.29. The molecule has 0 radical (unpaired) electrons. The summed E-state index contributed by atoms with van der Waals surface area (Å²) in [7, 11) is 0. The molecule has 1 N–H and O–H groups in total. The minimum atomic E-state index is -0.212. The highest BCUT2D eigenvalue weighted by Crippen LogP contribution is 2.36. The molecule has 3 amide bonds. The molecule has 2 aromatic rings. The summed E-state index contributed by atoms with van der Waals surface area (Å²) < 4.78 is 10.6. The first kappa shape index (κ1) is 16.2. The average Bonchev–Trinajstić information content (AvgIpc) is 3.27. The molecule has 1 aromatic carbocycles. The monoisotopic (exact) mass is 354 g/mol. The van der Waals surface area contributed by atoms with Gasteiger partial charge in [-0.15, -0.1) is 0 Å². The lowest BCUT2D eigenvalue weighted by Gasteiger charge is -2.18. The molecule has 2 aliphatic rings. The van der Waals surface area contributed by atoms with E-state index in [0.29, 0.717) is 31.1 Å². The molecule has 1 fully saturated rings. The average molecular weight is 354 g/mol. The fourth-order valence-electron chi connectivity index (χ4n) is 2.94. The molecular formula is C18H18N4O4. The number of hydrogen-bond donors (Lipinski definition) is 1. The van der Waals surface area contributed by atoms with Crippen molar-refractivity contribution in [3.63, 3.8) is 0 Å². The molecule has 0 spiro atoms. The Kier molecular flexibility index (Phi) is 4.30. The van der Waals surface area contributed by atoms with Crippen LogP contribution in [-0.4, -0.2) is 48.2 Å². The van der Waals surface area contributed by atoms with Gasteiger partial charge in [0.25, 0.3) is 0 Å². The highest BCUT2D eigenvalue weighted by Gasteiger charge is 2.31. The number of benzene rings is 1. The molecule has 3 heterocycles. The molecule has 0 atom stereocenters. The number of pyridine rings is 1. The van der Waals surface area contributed by atoms with Gasteiger partial charge in [0, 0.05) is 31.0 Å². The van der Waals surface area contributed by atoms with Gasteiger partial charge in [0.1, 0.15) is 6.54 Å². The Bertz CT molecular complexity index is 827. The van der Waals surface area contributed by atoms with E-state index < -0.39 is 0 Å². The normalized spacial score (nSPS) is 15.5. The number of anilines is 1. The minimum Gasteiger partial charge on any atom is -0.454 e. The minimum absolute atomic E-state index is 0.0206. The Morgan fingerprint density at radius 3 is 2.88 bits per heavy atom. The number of fused-ring (bicyclic) bond motifs is 1. The van der Waals surface area contributed by atoms with Crippen molar-refractivity contribution in [2.45, 2.75) is 6.54 Å². The molecule has 0 unspecified atom stereocenters. The standard InChI is InChI=1S/C18H18N4O4/c23-17(20-10-13-3-1-2-6-19-13)11-21-7-8-22(18(21)24)14-4-5-15-16(9-14)26-12-25-15/h1-6,9H,7-8,10-12H2,(H,20,23). The van der Waals surface area contributed by atoms with E-state index in [1.54, 1.807) is 23.2 Å². The van der Waals surface area contributed by atoms with Crippen LogP contribution in [0, 0.1) is 0 Å². The van der Waals surface area contributed by atoms with Crippen molar-refractivity contribution in [1.82, 2.24) is 15.2 Å². The maximum Gasteiger partial charge on any atom is 0.325 e. The third-order valence-electron chi connectivity index (χ3n) is 4.29. The zero-order valence-electron chi connectivity index (χ0n) is 14.1. The first-order valence-electron chi connectivity index (χ1n) is 8.33. The zero-order chi connectivity index (χ0) is 17.9. The quantitative estimate of drug-likeness (QED) is 0.877. The van der Waals surface area contributed by atoms with Gasteiger partial charge in [0.15, 0.2) is 11.5 Å². The number of carbonyl (C=O) groups excluding carboxylic acids is 2. The molecule has 26 heavy (non-hydrogen) atoms. The molecule has 1 aromatic heterocycles. The third-order valence-corrected chi connectivity index (χ3v) is 4.29. The van der Waals surface area contributed by atoms with Crippen LogP contribution in [0.15, 0.2) is 42.6 Å². The molecule has 134 valence electrons. The van der Waals surface area contributed by atoms with Crippen molar-refractivity contribution < 1.29 is 19.1 Å². The van der Waals surface area contributed by atoms with Crippen LogP contribution in [0.1, 0.15) is 5.69 Å². The Morgan fingerprint density at radius 2 is 2.04 bits per heavy atom. The van der Waals surface area contributed by atoms with Crippen molar-refractivity contribution in [3.05, 3.63) is 48.3 Å². The lowest BCUT2D eigenvalue weighted by atomic mass is 10.2. The molecule has 8 heteroatoms. The second kappa shape index (κ2) is 6.91. The predicted octanol–water partition coefficient (Wildman–Crippen LogP) is 1.37. The van der Waals surface area contributed by atoms with E-state index in [0.717, 1.165) is 11.4 Å². The number of amides is 3.